The van der Waals surface area contributed by atoms with E-state index in [1.807, 2.05) is 23.1 Å². The van der Waals surface area contributed by atoms with Crippen LogP contribution in [0.5, 0.6) is 0 Å². The third-order valence-corrected chi connectivity index (χ3v) is 11.2. The highest BCUT2D eigenvalue weighted by molar-refractivity contribution is 8.05. The zero-order valence-electron chi connectivity index (χ0n) is 21.7. The summed E-state index contributed by atoms with van der Waals surface area (Å²) >= 11 is 3.82. The monoisotopic (exact) mass is 484 g/mol. The number of thiophene rings is 1. The maximum absolute atomic E-state index is 6.46. The summed E-state index contributed by atoms with van der Waals surface area (Å²) in [6, 6.07) is 2.48. The van der Waals surface area contributed by atoms with Gasteiger partial charge in [-0.25, -0.2) is 0 Å². The molecule has 0 saturated carbocycles. The van der Waals surface area contributed by atoms with Crippen molar-refractivity contribution in [2.45, 2.75) is 128 Å². The van der Waals surface area contributed by atoms with Crippen molar-refractivity contribution < 1.29 is 9.31 Å². The van der Waals surface area contributed by atoms with E-state index in [0.29, 0.717) is 11.2 Å². The normalized spacial score (nSPS) is 26.5. The van der Waals surface area contributed by atoms with Crippen molar-refractivity contribution in [3.05, 3.63) is 27.4 Å². The molecule has 1 fully saturated rings. The van der Waals surface area contributed by atoms with E-state index in [2.05, 4.69) is 53.7 Å². The Labute approximate surface area is 212 Å². The first-order chi connectivity index (χ1) is 15.6. The van der Waals surface area contributed by atoms with Crippen molar-refractivity contribution in [3.8, 4) is 0 Å². The van der Waals surface area contributed by atoms with E-state index < -0.39 is 0 Å². The first-order valence-corrected chi connectivity index (χ1v) is 15.0. The van der Waals surface area contributed by atoms with Crippen LogP contribution in [0, 0.1) is 5.92 Å². The van der Waals surface area contributed by atoms with Gasteiger partial charge in [0.2, 0.25) is 0 Å². The summed E-state index contributed by atoms with van der Waals surface area (Å²) in [5.74, 6) is 0.541. The molecule has 6 heteroatoms. The molecule has 33 heavy (non-hydrogen) atoms. The highest BCUT2D eigenvalue weighted by Gasteiger charge is 2.56. The maximum atomic E-state index is 6.46. The Hall–Kier alpha value is -0.160. The summed E-state index contributed by atoms with van der Waals surface area (Å²) in [6.07, 6.45) is 15.5. The van der Waals surface area contributed by atoms with Crippen molar-refractivity contribution in [2.24, 2.45) is 5.92 Å². The molecule has 0 bridgehead atoms. The Morgan fingerprint density at radius 2 is 1.48 bits per heavy atom. The summed E-state index contributed by atoms with van der Waals surface area (Å²) in [6.45, 7) is 13.2. The van der Waals surface area contributed by atoms with Gasteiger partial charge in [0.25, 0.3) is 0 Å². The van der Waals surface area contributed by atoms with Gasteiger partial charge in [0.1, 0.15) is 7.85 Å². The van der Waals surface area contributed by atoms with Gasteiger partial charge in [0.15, 0.2) is 0 Å². The largest absolute Gasteiger partial charge is 0.505 e. The zero-order chi connectivity index (χ0) is 23.9. The molecule has 0 spiro atoms. The quantitative estimate of drug-likeness (QED) is 0.237. The minimum atomic E-state index is -0.305. The van der Waals surface area contributed by atoms with Gasteiger partial charge in [-0.05, 0) is 52.2 Å². The molecule has 2 aliphatic heterocycles. The molecule has 2 unspecified atom stereocenters. The van der Waals surface area contributed by atoms with Crippen molar-refractivity contribution >= 4 is 42.8 Å². The van der Waals surface area contributed by atoms with Crippen LogP contribution >= 0.6 is 23.1 Å². The zero-order valence-corrected chi connectivity index (χ0v) is 23.3. The Balaban J connectivity index is 1.67. The molecule has 180 valence electrons. The van der Waals surface area contributed by atoms with E-state index in [1.165, 1.54) is 73.9 Å². The number of allylic oxidation sites excluding steroid dienone is 1. The van der Waals surface area contributed by atoms with Crippen LogP contribution in [0.15, 0.2) is 16.9 Å². The molecule has 1 aromatic rings. The standard InChI is InChI=1S/C27H42B2O2S2/c1-7-9-11-13-15-27(16-14-12-10-8-2)19-17-21(28)32-23(19)24-20(27)18-22(33-24)29-30-25(3,4)26(5,6)31-29/h17-19,23H,7-16H2,1-6H3. The van der Waals surface area contributed by atoms with Crippen LogP contribution in [0.4, 0.5) is 0 Å². The van der Waals surface area contributed by atoms with Crippen LogP contribution in [-0.2, 0) is 14.7 Å². The number of unbranched alkanes of at least 4 members (excludes halogenated alkanes) is 6. The van der Waals surface area contributed by atoms with Crippen LogP contribution in [-0.4, -0.2) is 26.2 Å². The molecule has 4 rings (SSSR count). The second-order valence-electron chi connectivity index (χ2n) is 11.4. The lowest BCUT2D eigenvalue weighted by atomic mass is 9.67. The molecule has 2 radical (unpaired) electrons. The molecule has 0 N–H and O–H groups in total. The van der Waals surface area contributed by atoms with Crippen molar-refractivity contribution in [3.63, 3.8) is 0 Å². The van der Waals surface area contributed by atoms with Crippen LogP contribution < -0.4 is 4.78 Å². The highest BCUT2D eigenvalue weighted by atomic mass is 32.2. The fourth-order valence-electron chi connectivity index (χ4n) is 5.93. The third-order valence-electron chi connectivity index (χ3n) is 8.58. The number of hydrogen-bond acceptors (Lipinski definition) is 4. The predicted octanol–water partition coefficient (Wildman–Crippen LogP) is 7.65. The van der Waals surface area contributed by atoms with Crippen LogP contribution in [0.25, 0.3) is 0 Å². The lowest BCUT2D eigenvalue weighted by Crippen LogP contribution is -2.41. The molecule has 3 heterocycles. The molecule has 0 amide bonds. The van der Waals surface area contributed by atoms with Crippen LogP contribution in [0.2, 0.25) is 0 Å². The molecule has 1 aromatic heterocycles. The Morgan fingerprint density at radius 1 is 0.909 bits per heavy atom. The minimum absolute atomic E-state index is 0.216. The minimum Gasteiger partial charge on any atom is -0.399 e. The van der Waals surface area contributed by atoms with E-state index in [9.17, 15) is 0 Å². The molecular weight excluding hydrogens is 442 g/mol. The summed E-state index contributed by atoms with van der Waals surface area (Å²) < 4.78 is 14.2. The van der Waals surface area contributed by atoms with E-state index in [0.717, 1.165) is 4.80 Å². The number of rotatable bonds is 11. The van der Waals surface area contributed by atoms with Gasteiger partial charge in [-0.15, -0.1) is 23.1 Å². The third kappa shape index (κ3) is 4.80. The molecular formula is C27H42B2O2S2. The lowest BCUT2D eigenvalue weighted by Gasteiger charge is -2.36. The average Bonchev–Trinajstić information content (AvgIpc) is 3.44. The van der Waals surface area contributed by atoms with Gasteiger partial charge in [-0.1, -0.05) is 76.1 Å². The van der Waals surface area contributed by atoms with E-state index in [1.54, 1.807) is 5.56 Å². The molecule has 1 aliphatic carbocycles. The van der Waals surface area contributed by atoms with Crippen molar-refractivity contribution in [2.75, 3.05) is 0 Å². The average molecular weight is 484 g/mol. The molecule has 0 aromatic carbocycles. The molecule has 3 aliphatic rings. The first-order valence-electron chi connectivity index (χ1n) is 13.3. The van der Waals surface area contributed by atoms with Crippen molar-refractivity contribution in [1.29, 1.82) is 0 Å². The topological polar surface area (TPSA) is 18.5 Å². The first kappa shape index (κ1) is 25.9. The van der Waals surface area contributed by atoms with Gasteiger partial charge in [-0.3, -0.25) is 0 Å². The van der Waals surface area contributed by atoms with E-state index in [4.69, 9.17) is 17.2 Å². The number of hydrogen-bond donors (Lipinski definition) is 0. The van der Waals surface area contributed by atoms with Gasteiger partial charge < -0.3 is 9.31 Å². The summed E-state index contributed by atoms with van der Waals surface area (Å²) in [5.41, 5.74) is 1.20. The van der Waals surface area contributed by atoms with E-state index >= 15 is 0 Å². The smallest absolute Gasteiger partial charge is 0.399 e. The van der Waals surface area contributed by atoms with Gasteiger partial charge in [-0.2, -0.15) is 0 Å². The summed E-state index contributed by atoms with van der Waals surface area (Å²) in [5, 5.41) is 0.471. The Bertz CT molecular complexity index is 832. The SMILES string of the molecule is [B]C1=CC2C(S1)c1sc(B3OC(C)(C)C(C)(C)O3)cc1C2(CCCCCC)CCCCCC. The second-order valence-corrected chi connectivity index (χ2v) is 13.8. The second kappa shape index (κ2) is 10.1. The van der Waals surface area contributed by atoms with Crippen molar-refractivity contribution in [1.82, 2.24) is 0 Å². The van der Waals surface area contributed by atoms with Gasteiger partial charge in [0.05, 0.1) is 11.2 Å². The summed E-state index contributed by atoms with van der Waals surface area (Å²) in [7, 11) is 6.17. The molecule has 2 atom stereocenters. The van der Waals surface area contributed by atoms with Crippen LogP contribution in [0.3, 0.4) is 0 Å². The Kier molecular flexibility index (Phi) is 7.91. The fraction of sp³-hybridized carbons (Fsp3) is 0.778. The molecule has 2 nitrogen and oxygen atoms in total. The number of thioether (sulfide) groups is 1. The number of fused-ring (bicyclic) bond motifs is 3. The molecule has 1 saturated heterocycles. The highest BCUT2D eigenvalue weighted by Crippen LogP contribution is 2.65. The lowest BCUT2D eigenvalue weighted by molar-refractivity contribution is 0.00578. The Morgan fingerprint density at radius 3 is 2.03 bits per heavy atom. The predicted molar refractivity (Wildman–Crippen MR) is 147 cm³/mol. The van der Waals surface area contributed by atoms with Gasteiger partial charge in [0, 0.05) is 26.2 Å². The summed E-state index contributed by atoms with van der Waals surface area (Å²) in [4.78, 5) is 2.56. The maximum Gasteiger partial charge on any atom is 0.505 e. The van der Waals surface area contributed by atoms with Gasteiger partial charge >= 0.3 is 7.12 Å². The van der Waals surface area contributed by atoms with Crippen LogP contribution in [0.1, 0.15) is 121 Å². The fourth-order valence-corrected chi connectivity index (χ4v) is 8.72. The van der Waals surface area contributed by atoms with E-state index in [-0.39, 0.29) is 23.7 Å².